The molecular weight excluding hydrogens is 378 g/mol. The maximum absolute atomic E-state index is 4.72. The van der Waals surface area contributed by atoms with Crippen LogP contribution < -0.4 is 0 Å². The van der Waals surface area contributed by atoms with E-state index in [0.29, 0.717) is 0 Å². The molecule has 0 aliphatic heterocycles. The van der Waals surface area contributed by atoms with Crippen LogP contribution in [-0.2, 0) is 5.75 Å². The Kier molecular flexibility index (Phi) is 4.62. The topological polar surface area (TPSA) is 48.0 Å². The molecule has 0 N–H and O–H groups in total. The predicted octanol–water partition coefficient (Wildman–Crippen LogP) is 5.18. The summed E-state index contributed by atoms with van der Waals surface area (Å²) in [6.45, 7) is 2.08. The molecule has 6 heteroatoms. The number of pyridine rings is 1. The van der Waals surface area contributed by atoms with Crippen LogP contribution in [0.4, 0.5) is 0 Å². The summed E-state index contributed by atoms with van der Waals surface area (Å²) in [5, 5.41) is 9.84. The number of aromatic nitrogens is 5. The van der Waals surface area contributed by atoms with Crippen molar-refractivity contribution >= 4 is 17.4 Å². The van der Waals surface area contributed by atoms with Gasteiger partial charge >= 0.3 is 0 Å². The Morgan fingerprint density at radius 3 is 2.38 bits per heavy atom. The molecule has 0 fully saturated rings. The largest absolute Gasteiger partial charge is 0.307 e. The molecule has 0 spiro atoms. The van der Waals surface area contributed by atoms with Crippen LogP contribution in [0.15, 0.2) is 90.3 Å². The molecule has 0 saturated heterocycles. The Balaban J connectivity index is 1.50. The fourth-order valence-electron chi connectivity index (χ4n) is 3.31. The highest BCUT2D eigenvalue weighted by Gasteiger charge is 2.16. The first-order valence-corrected chi connectivity index (χ1v) is 10.4. The van der Waals surface area contributed by atoms with Crippen LogP contribution in [0.3, 0.4) is 0 Å². The number of nitrogens with zero attached hydrogens (tertiary/aromatic N) is 5. The number of hydrogen-bond acceptors (Lipinski definition) is 4. The fraction of sp³-hybridized carbons (Fsp3) is 0.0870. The van der Waals surface area contributed by atoms with Crippen LogP contribution in [0.25, 0.3) is 22.7 Å². The lowest BCUT2D eigenvalue weighted by atomic mass is 10.2. The SMILES string of the molecule is Cc1ccc2nc(CSc3nnc(-c4ccccc4)n3-c3ccccc3)cn2c1. The Bertz CT molecular complexity index is 1260. The highest BCUT2D eigenvalue weighted by atomic mass is 32.2. The van der Waals surface area contributed by atoms with Gasteiger partial charge in [-0.1, -0.05) is 66.4 Å². The normalized spacial score (nSPS) is 11.2. The fourth-order valence-corrected chi connectivity index (χ4v) is 4.15. The van der Waals surface area contributed by atoms with E-state index in [1.54, 1.807) is 11.8 Å². The Morgan fingerprint density at radius 1 is 0.828 bits per heavy atom. The molecule has 5 aromatic rings. The van der Waals surface area contributed by atoms with Gasteiger partial charge in [-0.15, -0.1) is 10.2 Å². The molecule has 0 aliphatic carbocycles. The summed E-state index contributed by atoms with van der Waals surface area (Å²) in [5.41, 5.74) is 5.28. The van der Waals surface area contributed by atoms with E-state index in [4.69, 9.17) is 4.98 Å². The van der Waals surface area contributed by atoms with E-state index < -0.39 is 0 Å². The summed E-state index contributed by atoms with van der Waals surface area (Å²) in [7, 11) is 0. The Hall–Kier alpha value is -3.38. The first kappa shape index (κ1) is 17.7. The van der Waals surface area contributed by atoms with Gasteiger partial charge in [0.05, 0.1) is 5.69 Å². The van der Waals surface area contributed by atoms with E-state index in [1.165, 1.54) is 5.56 Å². The van der Waals surface area contributed by atoms with Crippen molar-refractivity contribution in [3.05, 3.63) is 96.4 Å². The minimum Gasteiger partial charge on any atom is -0.307 e. The summed E-state index contributed by atoms with van der Waals surface area (Å²) in [6, 6.07) is 24.5. The quantitative estimate of drug-likeness (QED) is 0.383. The van der Waals surface area contributed by atoms with Crippen molar-refractivity contribution in [1.29, 1.82) is 0 Å². The summed E-state index contributed by atoms with van der Waals surface area (Å²) >= 11 is 1.64. The summed E-state index contributed by atoms with van der Waals surface area (Å²) in [6.07, 6.45) is 4.17. The summed E-state index contributed by atoms with van der Waals surface area (Å²) < 4.78 is 4.18. The summed E-state index contributed by atoms with van der Waals surface area (Å²) in [4.78, 5) is 4.72. The van der Waals surface area contributed by atoms with Crippen LogP contribution >= 0.6 is 11.8 Å². The number of hydrogen-bond donors (Lipinski definition) is 0. The number of para-hydroxylation sites is 1. The third-order valence-electron chi connectivity index (χ3n) is 4.68. The summed E-state index contributed by atoms with van der Waals surface area (Å²) in [5.74, 6) is 1.56. The van der Waals surface area contributed by atoms with E-state index in [2.05, 4.69) is 68.8 Å². The van der Waals surface area contributed by atoms with Gasteiger partial charge in [0.2, 0.25) is 0 Å². The molecule has 0 unspecified atom stereocenters. The van der Waals surface area contributed by atoms with E-state index >= 15 is 0 Å². The molecule has 0 saturated carbocycles. The standard InChI is InChI=1S/C23H19N5S/c1-17-12-13-21-24-19(15-27(21)14-17)16-29-23-26-25-22(18-8-4-2-5-9-18)28(23)20-10-6-3-7-11-20/h2-15H,16H2,1H3. The molecule has 0 aliphatic rings. The lowest BCUT2D eigenvalue weighted by Crippen LogP contribution is -1.99. The van der Waals surface area contributed by atoms with Crippen molar-refractivity contribution in [3.63, 3.8) is 0 Å². The zero-order valence-electron chi connectivity index (χ0n) is 15.9. The van der Waals surface area contributed by atoms with Crippen molar-refractivity contribution in [3.8, 4) is 17.1 Å². The lowest BCUT2D eigenvalue weighted by molar-refractivity contribution is 0.885. The maximum Gasteiger partial charge on any atom is 0.196 e. The smallest absolute Gasteiger partial charge is 0.196 e. The zero-order chi connectivity index (χ0) is 19.6. The number of aryl methyl sites for hydroxylation is 1. The van der Waals surface area contributed by atoms with Crippen LogP contribution in [0.1, 0.15) is 11.3 Å². The molecule has 0 atom stereocenters. The second-order valence-electron chi connectivity index (χ2n) is 6.84. The predicted molar refractivity (Wildman–Crippen MR) is 116 cm³/mol. The van der Waals surface area contributed by atoms with E-state index in [1.807, 2.05) is 42.5 Å². The second-order valence-corrected chi connectivity index (χ2v) is 7.78. The molecular formula is C23H19N5S. The molecule has 5 nitrogen and oxygen atoms in total. The van der Waals surface area contributed by atoms with Gasteiger partial charge in [-0.2, -0.15) is 0 Å². The average molecular weight is 398 g/mol. The number of rotatable bonds is 5. The minimum atomic E-state index is 0.723. The average Bonchev–Trinajstić information content (AvgIpc) is 3.37. The Labute approximate surface area is 173 Å². The van der Waals surface area contributed by atoms with E-state index in [-0.39, 0.29) is 0 Å². The molecule has 3 aromatic heterocycles. The highest BCUT2D eigenvalue weighted by Crippen LogP contribution is 2.29. The van der Waals surface area contributed by atoms with Gasteiger partial charge in [0.15, 0.2) is 11.0 Å². The van der Waals surface area contributed by atoms with Crippen molar-refractivity contribution in [1.82, 2.24) is 24.1 Å². The Morgan fingerprint density at radius 2 is 1.59 bits per heavy atom. The zero-order valence-corrected chi connectivity index (χ0v) is 16.8. The number of thioether (sulfide) groups is 1. The van der Waals surface area contributed by atoms with Gasteiger partial charge in [0.25, 0.3) is 0 Å². The van der Waals surface area contributed by atoms with Crippen molar-refractivity contribution < 1.29 is 0 Å². The molecule has 0 bridgehead atoms. The molecule has 0 radical (unpaired) electrons. The van der Waals surface area contributed by atoms with Gasteiger partial charge in [0.1, 0.15) is 5.65 Å². The third kappa shape index (κ3) is 3.54. The maximum atomic E-state index is 4.72. The molecule has 2 aromatic carbocycles. The van der Waals surface area contributed by atoms with E-state index in [0.717, 1.165) is 39.3 Å². The first-order valence-electron chi connectivity index (χ1n) is 9.41. The van der Waals surface area contributed by atoms with Gasteiger partial charge in [-0.05, 0) is 30.7 Å². The highest BCUT2D eigenvalue weighted by molar-refractivity contribution is 7.98. The van der Waals surface area contributed by atoms with Gasteiger partial charge < -0.3 is 4.40 Å². The van der Waals surface area contributed by atoms with Crippen LogP contribution in [0.5, 0.6) is 0 Å². The van der Waals surface area contributed by atoms with Crippen molar-refractivity contribution in [2.24, 2.45) is 0 Å². The lowest BCUT2D eigenvalue weighted by Gasteiger charge is -2.09. The molecule has 29 heavy (non-hydrogen) atoms. The third-order valence-corrected chi connectivity index (χ3v) is 5.64. The molecule has 5 rings (SSSR count). The molecule has 142 valence electrons. The van der Waals surface area contributed by atoms with Crippen molar-refractivity contribution in [2.75, 3.05) is 0 Å². The van der Waals surface area contributed by atoms with Crippen LogP contribution in [0.2, 0.25) is 0 Å². The second kappa shape index (κ2) is 7.56. The van der Waals surface area contributed by atoms with Gasteiger partial charge in [-0.25, -0.2) is 4.98 Å². The minimum absolute atomic E-state index is 0.723. The van der Waals surface area contributed by atoms with Crippen LogP contribution in [-0.4, -0.2) is 24.1 Å². The monoisotopic (exact) mass is 397 g/mol. The van der Waals surface area contributed by atoms with Gasteiger partial charge in [-0.3, -0.25) is 4.57 Å². The number of imidazole rings is 1. The molecule has 3 heterocycles. The first-order chi connectivity index (χ1) is 14.3. The van der Waals surface area contributed by atoms with E-state index in [9.17, 15) is 0 Å². The van der Waals surface area contributed by atoms with Crippen molar-refractivity contribution in [2.45, 2.75) is 17.8 Å². The number of benzene rings is 2. The van der Waals surface area contributed by atoms with Gasteiger partial charge in [0, 0.05) is 29.4 Å². The van der Waals surface area contributed by atoms with Crippen LogP contribution in [0, 0.1) is 6.92 Å². The molecule has 0 amide bonds. The number of fused-ring (bicyclic) bond motifs is 1.